The molecular formula is C7H11ClO4. The maximum Gasteiger partial charge on any atom is 0.335 e. The van der Waals surface area contributed by atoms with E-state index in [1.807, 2.05) is 6.92 Å². The van der Waals surface area contributed by atoms with Gasteiger partial charge in [0.05, 0.1) is 6.10 Å². The summed E-state index contributed by atoms with van der Waals surface area (Å²) in [6, 6.07) is 0. The molecule has 0 aromatic carbocycles. The van der Waals surface area contributed by atoms with Crippen LogP contribution >= 0.6 is 11.6 Å². The molecule has 4 nitrogen and oxygen atoms in total. The zero-order chi connectivity index (χ0) is 9.72. The van der Waals surface area contributed by atoms with Crippen LogP contribution in [-0.2, 0) is 14.3 Å². The Morgan fingerprint density at radius 2 is 2.08 bits per heavy atom. The summed E-state index contributed by atoms with van der Waals surface area (Å²) < 4.78 is 4.67. The van der Waals surface area contributed by atoms with Crippen LogP contribution in [0.1, 0.15) is 20.3 Å². The third kappa shape index (κ3) is 3.57. The lowest BCUT2D eigenvalue weighted by Gasteiger charge is -2.11. The molecule has 0 saturated heterocycles. The van der Waals surface area contributed by atoms with Crippen LogP contribution in [0.4, 0.5) is 0 Å². The molecule has 0 rings (SSSR count). The van der Waals surface area contributed by atoms with Crippen molar-refractivity contribution < 1.29 is 19.4 Å². The first kappa shape index (κ1) is 11.2. The second-order valence-electron chi connectivity index (χ2n) is 2.36. The van der Waals surface area contributed by atoms with Gasteiger partial charge in [-0.05, 0) is 13.3 Å². The van der Waals surface area contributed by atoms with E-state index >= 15 is 0 Å². The number of carbonyl (C=O) groups excluding carboxylic acids is 1. The maximum atomic E-state index is 10.8. The number of hydrogen-bond acceptors (Lipinski definition) is 3. The van der Waals surface area contributed by atoms with Gasteiger partial charge in [-0.15, -0.1) is 0 Å². The number of hydrogen-bond donors (Lipinski definition) is 1. The second-order valence-corrected chi connectivity index (χ2v) is 2.79. The monoisotopic (exact) mass is 194 g/mol. The number of esters is 1. The average molecular weight is 195 g/mol. The second kappa shape index (κ2) is 4.98. The molecule has 12 heavy (non-hydrogen) atoms. The van der Waals surface area contributed by atoms with Crippen molar-refractivity contribution in [3.63, 3.8) is 0 Å². The van der Waals surface area contributed by atoms with E-state index in [2.05, 4.69) is 4.74 Å². The maximum absolute atomic E-state index is 10.8. The van der Waals surface area contributed by atoms with Crippen molar-refractivity contribution in [2.45, 2.75) is 31.7 Å². The van der Waals surface area contributed by atoms with Gasteiger partial charge in [0.2, 0.25) is 5.38 Å². The van der Waals surface area contributed by atoms with E-state index in [0.29, 0.717) is 6.42 Å². The van der Waals surface area contributed by atoms with Gasteiger partial charge in [0, 0.05) is 0 Å². The summed E-state index contributed by atoms with van der Waals surface area (Å²) >= 11 is 5.19. The van der Waals surface area contributed by atoms with Crippen LogP contribution in [0.2, 0.25) is 0 Å². The Balaban J connectivity index is 3.95. The Hall–Kier alpha value is -0.770. The van der Waals surface area contributed by atoms with E-state index < -0.39 is 17.3 Å². The van der Waals surface area contributed by atoms with Gasteiger partial charge in [0.25, 0.3) is 0 Å². The number of carbonyl (C=O) groups is 2. The van der Waals surface area contributed by atoms with E-state index in [1.54, 1.807) is 6.92 Å². The summed E-state index contributed by atoms with van der Waals surface area (Å²) in [5.74, 6) is -2.29. The molecule has 0 fully saturated rings. The van der Waals surface area contributed by atoms with Gasteiger partial charge in [-0.2, -0.15) is 0 Å². The molecule has 1 N–H and O–H groups in total. The molecule has 70 valence electrons. The van der Waals surface area contributed by atoms with E-state index in [-0.39, 0.29) is 6.10 Å². The van der Waals surface area contributed by atoms with Crippen LogP contribution in [-0.4, -0.2) is 28.5 Å². The van der Waals surface area contributed by atoms with Crippen LogP contribution in [0.15, 0.2) is 0 Å². The summed E-state index contributed by atoms with van der Waals surface area (Å²) in [6.07, 6.45) is 0.340. The molecule has 0 heterocycles. The van der Waals surface area contributed by atoms with Gasteiger partial charge in [0.15, 0.2) is 0 Å². The molecule has 0 saturated carbocycles. The molecule has 0 amide bonds. The Kier molecular flexibility index (Phi) is 4.66. The zero-order valence-corrected chi connectivity index (χ0v) is 7.67. The molecular weight excluding hydrogens is 184 g/mol. The van der Waals surface area contributed by atoms with Crippen LogP contribution in [0.5, 0.6) is 0 Å². The van der Waals surface area contributed by atoms with Crippen molar-refractivity contribution in [3.05, 3.63) is 0 Å². The Morgan fingerprint density at radius 1 is 1.58 bits per heavy atom. The van der Waals surface area contributed by atoms with Gasteiger partial charge in [-0.1, -0.05) is 18.5 Å². The van der Waals surface area contributed by atoms with Crippen LogP contribution in [0, 0.1) is 0 Å². The highest BCUT2D eigenvalue weighted by molar-refractivity contribution is 6.39. The quantitative estimate of drug-likeness (QED) is 0.412. The van der Waals surface area contributed by atoms with Gasteiger partial charge >= 0.3 is 11.9 Å². The van der Waals surface area contributed by atoms with Gasteiger partial charge < -0.3 is 9.84 Å². The van der Waals surface area contributed by atoms with Crippen molar-refractivity contribution in [3.8, 4) is 0 Å². The third-order valence-corrected chi connectivity index (χ3v) is 1.68. The normalized spacial score (nSPS) is 14.9. The van der Waals surface area contributed by atoms with Gasteiger partial charge in [-0.25, -0.2) is 9.59 Å². The van der Waals surface area contributed by atoms with Gasteiger partial charge in [0.1, 0.15) is 0 Å². The molecule has 0 aromatic heterocycles. The number of aliphatic carboxylic acids is 1. The minimum Gasteiger partial charge on any atom is -0.480 e. The molecule has 2 atom stereocenters. The molecule has 5 heteroatoms. The molecule has 0 aliphatic rings. The fourth-order valence-corrected chi connectivity index (χ4v) is 0.494. The van der Waals surface area contributed by atoms with Crippen molar-refractivity contribution in [1.82, 2.24) is 0 Å². The topological polar surface area (TPSA) is 63.6 Å². The highest BCUT2D eigenvalue weighted by Crippen LogP contribution is 2.04. The van der Waals surface area contributed by atoms with Crippen LogP contribution < -0.4 is 0 Å². The van der Waals surface area contributed by atoms with Crippen LogP contribution in [0.3, 0.4) is 0 Å². The highest BCUT2D eigenvalue weighted by Gasteiger charge is 2.25. The van der Waals surface area contributed by atoms with E-state index in [0.717, 1.165) is 0 Å². The fourth-order valence-electron chi connectivity index (χ4n) is 0.442. The lowest BCUT2D eigenvalue weighted by molar-refractivity contribution is -0.153. The smallest absolute Gasteiger partial charge is 0.335 e. The predicted molar refractivity (Wildman–Crippen MR) is 43.1 cm³/mol. The Bertz CT molecular complexity index is 180. The number of carboxylic acids is 1. The minimum absolute atomic E-state index is 0.293. The first-order valence-corrected chi connectivity index (χ1v) is 4.00. The van der Waals surface area contributed by atoms with Crippen molar-refractivity contribution >= 4 is 23.5 Å². The molecule has 0 aliphatic carbocycles. The van der Waals surface area contributed by atoms with Gasteiger partial charge in [-0.3, -0.25) is 0 Å². The van der Waals surface area contributed by atoms with Crippen molar-refractivity contribution in [2.75, 3.05) is 0 Å². The molecule has 2 unspecified atom stereocenters. The third-order valence-electron chi connectivity index (χ3n) is 1.32. The number of rotatable bonds is 4. The molecule has 0 aliphatic heterocycles. The first-order valence-electron chi connectivity index (χ1n) is 3.56. The van der Waals surface area contributed by atoms with E-state index in [9.17, 15) is 9.59 Å². The summed E-state index contributed by atoms with van der Waals surface area (Å²) in [6.45, 7) is 3.49. The average Bonchev–Trinajstić information content (AvgIpc) is 2.02. The molecule has 0 radical (unpaired) electrons. The number of ether oxygens (including phenoxy) is 1. The van der Waals surface area contributed by atoms with E-state index in [1.165, 1.54) is 0 Å². The van der Waals surface area contributed by atoms with E-state index in [4.69, 9.17) is 16.7 Å². The molecule has 0 spiro atoms. The summed E-state index contributed by atoms with van der Waals surface area (Å²) in [5.41, 5.74) is 0. The first-order chi connectivity index (χ1) is 5.49. The Morgan fingerprint density at radius 3 is 2.42 bits per heavy atom. The highest BCUT2D eigenvalue weighted by atomic mass is 35.5. The van der Waals surface area contributed by atoms with Crippen LogP contribution in [0.25, 0.3) is 0 Å². The Labute approximate surface area is 75.5 Å². The lowest BCUT2D eigenvalue weighted by Crippen LogP contribution is -2.29. The predicted octanol–water partition coefficient (Wildman–Crippen LogP) is 1.02. The zero-order valence-electron chi connectivity index (χ0n) is 6.91. The van der Waals surface area contributed by atoms with Crippen molar-refractivity contribution in [1.29, 1.82) is 0 Å². The number of alkyl halides is 1. The standard InChI is InChI=1S/C7H11ClO4/c1-3-4(2)12-7(11)5(8)6(9)10/h4-5H,3H2,1-2H3,(H,9,10). The SMILES string of the molecule is CCC(C)OC(=O)C(Cl)C(=O)O. The molecule has 0 aromatic rings. The number of halogens is 1. The minimum atomic E-state index is -1.60. The fraction of sp³-hybridized carbons (Fsp3) is 0.714. The largest absolute Gasteiger partial charge is 0.480 e. The summed E-state index contributed by atoms with van der Waals surface area (Å²) in [4.78, 5) is 21.0. The summed E-state index contributed by atoms with van der Waals surface area (Å²) in [5, 5.41) is 6.71. The lowest BCUT2D eigenvalue weighted by atomic mass is 10.3. The molecule has 0 bridgehead atoms. The van der Waals surface area contributed by atoms with Crippen molar-refractivity contribution in [2.24, 2.45) is 0 Å². The summed E-state index contributed by atoms with van der Waals surface area (Å²) in [7, 11) is 0. The number of carboxylic acid groups (broad SMARTS) is 1.